The van der Waals surface area contributed by atoms with Crippen LogP contribution in [-0.4, -0.2) is 32.2 Å². The summed E-state index contributed by atoms with van der Waals surface area (Å²) in [6.45, 7) is 20.7. The zero-order valence-electron chi connectivity index (χ0n) is 29.5. The lowest BCUT2D eigenvalue weighted by atomic mass is 10.0. The van der Waals surface area contributed by atoms with Gasteiger partial charge in [0.05, 0.1) is 22.1 Å². The highest BCUT2D eigenvalue weighted by atomic mass is 19.1. The predicted molar refractivity (Wildman–Crippen MR) is 208 cm³/mol. The highest BCUT2D eigenvalue weighted by Gasteiger charge is 2.21. The summed E-state index contributed by atoms with van der Waals surface area (Å²) >= 11 is 0. The van der Waals surface area contributed by atoms with E-state index in [1.165, 1.54) is 12.1 Å². The normalized spacial score (nSPS) is 11.3. The molecule has 260 valence electrons. The largest absolute Gasteiger partial charge is 0.359 e. The average Bonchev–Trinajstić information content (AvgIpc) is 3.77. The smallest absolute Gasteiger partial charge is 0.159 e. The van der Waals surface area contributed by atoms with Crippen molar-refractivity contribution >= 4 is 27.5 Å². The summed E-state index contributed by atoms with van der Waals surface area (Å²) < 4.78 is 31.0. The van der Waals surface area contributed by atoms with Gasteiger partial charge in [0.15, 0.2) is 5.82 Å². The number of imidazole rings is 1. The van der Waals surface area contributed by atoms with Gasteiger partial charge in [-0.3, -0.25) is 10.1 Å². The van der Waals surface area contributed by atoms with Crippen LogP contribution in [0, 0.1) is 11.6 Å². The molecule has 0 saturated heterocycles. The second kappa shape index (κ2) is 18.0. The fourth-order valence-electron chi connectivity index (χ4n) is 5.54. The Morgan fingerprint density at radius 2 is 1.71 bits per heavy atom. The minimum atomic E-state index is -0.447. The fraction of sp³-hybridized carbons (Fsp3) is 0.143. The number of hydrogen-bond acceptors (Lipinski definition) is 5. The lowest BCUT2D eigenvalue weighted by Gasteiger charge is -2.13. The summed E-state index contributed by atoms with van der Waals surface area (Å²) in [7, 11) is 1.80. The number of hydrogen-bond donors (Lipinski definition) is 4. The minimum Gasteiger partial charge on any atom is -0.359 e. The Hall–Kier alpha value is -6.15. The van der Waals surface area contributed by atoms with Gasteiger partial charge in [-0.15, -0.1) is 5.73 Å². The molecule has 7 nitrogen and oxygen atoms in total. The summed E-state index contributed by atoms with van der Waals surface area (Å²) in [5.41, 5.74) is 9.83. The first-order valence-corrected chi connectivity index (χ1v) is 16.5. The van der Waals surface area contributed by atoms with Gasteiger partial charge in [-0.05, 0) is 79.2 Å². The number of rotatable bonds is 11. The summed E-state index contributed by atoms with van der Waals surface area (Å²) in [4.78, 5) is 12.6. The van der Waals surface area contributed by atoms with Crippen molar-refractivity contribution < 1.29 is 8.78 Å². The summed E-state index contributed by atoms with van der Waals surface area (Å²) in [5, 5.41) is 14.0. The molecular weight excluding hydrogens is 641 g/mol. The molecule has 0 aliphatic carbocycles. The molecule has 0 unspecified atom stereocenters. The first-order chi connectivity index (χ1) is 24.8. The molecule has 4 N–H and O–H groups in total. The Kier molecular flexibility index (Phi) is 13.3. The van der Waals surface area contributed by atoms with Crippen LogP contribution in [0.1, 0.15) is 37.5 Å². The van der Waals surface area contributed by atoms with E-state index in [0.717, 1.165) is 16.8 Å². The van der Waals surface area contributed by atoms with Crippen molar-refractivity contribution in [1.29, 1.82) is 0 Å². The molecule has 3 aromatic carbocycles. The molecule has 3 heterocycles. The van der Waals surface area contributed by atoms with Gasteiger partial charge in [0.1, 0.15) is 22.8 Å². The van der Waals surface area contributed by atoms with Gasteiger partial charge in [0, 0.05) is 41.7 Å². The number of fused-ring (bicyclic) bond motifs is 2. The number of aromatic nitrogens is 5. The van der Waals surface area contributed by atoms with Crippen molar-refractivity contribution in [3.05, 3.63) is 163 Å². The molecule has 51 heavy (non-hydrogen) atoms. The Bertz CT molecular complexity index is 2230. The summed E-state index contributed by atoms with van der Waals surface area (Å²) in [6, 6.07) is 20.1. The van der Waals surface area contributed by atoms with Crippen LogP contribution >= 0.6 is 0 Å². The first-order valence-electron chi connectivity index (χ1n) is 16.5. The number of pyridine rings is 1. The van der Waals surface area contributed by atoms with Crippen LogP contribution < -0.4 is 10.6 Å². The molecule has 0 amide bonds. The van der Waals surface area contributed by atoms with E-state index in [0.29, 0.717) is 74.5 Å². The van der Waals surface area contributed by atoms with E-state index >= 15 is 4.39 Å². The van der Waals surface area contributed by atoms with Crippen molar-refractivity contribution in [2.24, 2.45) is 0 Å². The Labute approximate surface area is 298 Å². The molecule has 0 aliphatic rings. The van der Waals surface area contributed by atoms with E-state index < -0.39 is 5.82 Å². The Morgan fingerprint density at radius 1 is 0.961 bits per heavy atom. The van der Waals surface area contributed by atoms with E-state index in [2.05, 4.69) is 62.8 Å². The fourth-order valence-corrected chi connectivity index (χ4v) is 5.54. The number of allylic oxidation sites excluding steroid dienone is 5. The molecule has 0 fully saturated rings. The lowest BCUT2D eigenvalue weighted by molar-refractivity contribution is 0.624. The average molecular weight is 684 g/mol. The number of nitrogens with zero attached hydrogens (tertiary/aromatic N) is 3. The molecule has 6 rings (SSSR count). The van der Waals surface area contributed by atoms with Gasteiger partial charge in [0.2, 0.25) is 0 Å². The molecule has 9 heteroatoms. The van der Waals surface area contributed by atoms with Crippen LogP contribution in [0.4, 0.5) is 8.78 Å². The highest BCUT2D eigenvalue weighted by Crippen LogP contribution is 2.34. The SMILES string of the molecule is C=C/C(=C\C(=C/C)c1ccc2[nH]nc(-c3nc4c(-c5cc(F)cc(CNC)c5)nccc4[nH]3)c2c1F)NC(=C)Cc1ccccc1.C=C=C.CC. The number of H-pyrrole nitrogens is 2. The van der Waals surface area contributed by atoms with Gasteiger partial charge in [-0.25, -0.2) is 13.8 Å². The third-order valence-corrected chi connectivity index (χ3v) is 7.64. The Balaban J connectivity index is 0.00000111. The van der Waals surface area contributed by atoms with Gasteiger partial charge in [-0.1, -0.05) is 76.6 Å². The van der Waals surface area contributed by atoms with Crippen molar-refractivity contribution in [3.63, 3.8) is 0 Å². The molecule has 0 saturated carbocycles. The Morgan fingerprint density at radius 3 is 2.39 bits per heavy atom. The minimum absolute atomic E-state index is 0.294. The summed E-state index contributed by atoms with van der Waals surface area (Å²) in [6.07, 6.45) is 7.64. The van der Waals surface area contributed by atoms with E-state index in [9.17, 15) is 4.39 Å². The maximum atomic E-state index is 16.5. The van der Waals surface area contributed by atoms with E-state index in [4.69, 9.17) is 4.98 Å². The van der Waals surface area contributed by atoms with Gasteiger partial charge < -0.3 is 15.6 Å². The quantitative estimate of drug-likeness (QED) is 0.0806. The van der Waals surface area contributed by atoms with Crippen LogP contribution in [0.2, 0.25) is 0 Å². The molecule has 3 aromatic heterocycles. The van der Waals surface area contributed by atoms with Crippen LogP contribution in [0.5, 0.6) is 0 Å². The van der Waals surface area contributed by atoms with E-state index in [1.807, 2.05) is 69.3 Å². The maximum absolute atomic E-state index is 16.5. The number of aromatic amines is 2. The molecular formula is C42H43F2N7. The van der Waals surface area contributed by atoms with E-state index in [-0.39, 0.29) is 5.82 Å². The second-order valence-electron chi connectivity index (χ2n) is 11.1. The van der Waals surface area contributed by atoms with Crippen molar-refractivity contribution in [2.45, 2.75) is 33.7 Å². The molecule has 0 aliphatic heterocycles. The highest BCUT2D eigenvalue weighted by molar-refractivity contribution is 5.98. The number of benzene rings is 3. The zero-order valence-corrected chi connectivity index (χ0v) is 29.5. The van der Waals surface area contributed by atoms with Crippen molar-refractivity contribution in [1.82, 2.24) is 35.8 Å². The third kappa shape index (κ3) is 8.91. The number of halogens is 2. The van der Waals surface area contributed by atoms with Crippen LogP contribution in [0.25, 0.3) is 50.3 Å². The standard InChI is InChI=1S/C37H33F2N7.C3H4.C2H6/c1-5-25(20-28(6-2)42-22(3)16-23-10-8-7-9-11-23)29-12-13-30-32(33(29)39)36(46-45-30)37-43-31-14-15-41-34(35(31)44-37)26-17-24(21-40-4)18-27(38)19-26;1-3-2;1-2/h5-15,17-20,40,42H,2-3,16,21H2,1,4H3,(H,43,44)(H,45,46);1-2H2;1-2H3/b25-5+,28-20+;;. The summed E-state index contributed by atoms with van der Waals surface area (Å²) in [5.74, 6) is -0.450. The topological polar surface area (TPSA) is 94.3 Å². The molecule has 0 radical (unpaired) electrons. The van der Waals surface area contributed by atoms with Crippen LogP contribution in [-0.2, 0) is 13.0 Å². The maximum Gasteiger partial charge on any atom is 0.159 e. The second-order valence-corrected chi connectivity index (χ2v) is 11.1. The van der Waals surface area contributed by atoms with Crippen molar-refractivity contribution in [3.8, 4) is 22.8 Å². The lowest BCUT2D eigenvalue weighted by Crippen LogP contribution is -2.12. The van der Waals surface area contributed by atoms with Gasteiger partial charge in [-0.2, -0.15) is 5.10 Å². The van der Waals surface area contributed by atoms with Crippen molar-refractivity contribution in [2.75, 3.05) is 7.05 Å². The van der Waals surface area contributed by atoms with Gasteiger partial charge in [0.25, 0.3) is 0 Å². The molecule has 0 bridgehead atoms. The third-order valence-electron chi connectivity index (χ3n) is 7.64. The van der Waals surface area contributed by atoms with E-state index in [1.54, 1.807) is 37.5 Å². The first kappa shape index (κ1) is 37.7. The molecule has 0 spiro atoms. The monoisotopic (exact) mass is 683 g/mol. The molecule has 0 atom stereocenters. The van der Waals surface area contributed by atoms with Crippen LogP contribution in [0.15, 0.2) is 135 Å². The van der Waals surface area contributed by atoms with Gasteiger partial charge >= 0.3 is 0 Å². The zero-order chi connectivity index (χ0) is 36.9. The number of nitrogens with one attached hydrogen (secondary N) is 4. The van der Waals surface area contributed by atoms with Crippen LogP contribution in [0.3, 0.4) is 0 Å². The predicted octanol–water partition coefficient (Wildman–Crippen LogP) is 9.97. The molecule has 6 aromatic rings.